The third-order valence-electron chi connectivity index (χ3n) is 5.40. The van der Waals surface area contributed by atoms with Gasteiger partial charge < -0.3 is 4.74 Å². The van der Waals surface area contributed by atoms with Crippen LogP contribution in [0.5, 0.6) is 5.75 Å². The third-order valence-corrected chi connectivity index (χ3v) is 5.40. The van der Waals surface area contributed by atoms with Gasteiger partial charge in [-0.1, -0.05) is 18.2 Å². The molecule has 1 N–H and O–H groups in total. The van der Waals surface area contributed by atoms with E-state index in [1.807, 2.05) is 57.3 Å². The van der Waals surface area contributed by atoms with Crippen molar-refractivity contribution in [2.24, 2.45) is 7.05 Å². The van der Waals surface area contributed by atoms with Crippen LogP contribution in [0.15, 0.2) is 47.4 Å². The SMILES string of the molecule is COc1cc(C(C#N)=Cc2c(-c3ccc4c(=O)[nH]nc(C)c4c3)cnn2C)ccc1C. The monoisotopic (exact) mass is 411 g/mol. The van der Waals surface area contributed by atoms with Gasteiger partial charge in [0.15, 0.2) is 0 Å². The van der Waals surface area contributed by atoms with Gasteiger partial charge in [-0.05, 0) is 54.8 Å². The zero-order chi connectivity index (χ0) is 22.1. The van der Waals surface area contributed by atoms with E-state index in [0.717, 1.165) is 44.8 Å². The zero-order valence-electron chi connectivity index (χ0n) is 17.7. The number of allylic oxidation sites excluding steroid dienone is 1. The molecule has 2 heterocycles. The molecule has 0 saturated carbocycles. The molecule has 7 heteroatoms. The Bertz CT molecular complexity index is 1440. The number of nitriles is 1. The second-order valence-corrected chi connectivity index (χ2v) is 7.32. The predicted molar refractivity (Wildman–Crippen MR) is 121 cm³/mol. The third kappa shape index (κ3) is 3.60. The molecule has 31 heavy (non-hydrogen) atoms. The van der Waals surface area contributed by atoms with Crippen molar-refractivity contribution in [3.05, 3.63) is 75.5 Å². The molecular formula is C24H21N5O2. The van der Waals surface area contributed by atoms with E-state index in [2.05, 4.69) is 21.4 Å². The van der Waals surface area contributed by atoms with Gasteiger partial charge in [0.1, 0.15) is 5.75 Å². The molecule has 0 fully saturated rings. The van der Waals surface area contributed by atoms with Crippen LogP contribution >= 0.6 is 0 Å². The molecule has 0 bridgehead atoms. The Kier molecular flexibility index (Phi) is 5.14. The van der Waals surface area contributed by atoms with Gasteiger partial charge in [0.25, 0.3) is 5.56 Å². The van der Waals surface area contributed by atoms with Crippen molar-refractivity contribution >= 4 is 22.4 Å². The summed E-state index contributed by atoms with van der Waals surface area (Å²) in [5.41, 5.74) is 5.31. The van der Waals surface area contributed by atoms with Gasteiger partial charge in [0, 0.05) is 18.0 Å². The highest BCUT2D eigenvalue weighted by molar-refractivity contribution is 5.94. The quantitative estimate of drug-likeness (QED) is 0.512. The fraction of sp³-hybridized carbons (Fsp3) is 0.167. The molecule has 0 aliphatic heterocycles. The Morgan fingerprint density at radius 3 is 2.74 bits per heavy atom. The molecule has 0 aliphatic rings. The van der Waals surface area contributed by atoms with Crippen LogP contribution in [0.1, 0.15) is 22.5 Å². The zero-order valence-corrected chi connectivity index (χ0v) is 17.7. The summed E-state index contributed by atoms with van der Waals surface area (Å²) in [5.74, 6) is 0.728. The lowest BCUT2D eigenvalue weighted by Crippen LogP contribution is -2.09. The van der Waals surface area contributed by atoms with E-state index in [1.54, 1.807) is 24.1 Å². The van der Waals surface area contributed by atoms with Gasteiger partial charge in [0.2, 0.25) is 0 Å². The summed E-state index contributed by atoms with van der Waals surface area (Å²) in [6.07, 6.45) is 3.58. The molecule has 0 unspecified atom stereocenters. The lowest BCUT2D eigenvalue weighted by Gasteiger charge is -2.08. The summed E-state index contributed by atoms with van der Waals surface area (Å²) in [6, 6.07) is 13.6. The van der Waals surface area contributed by atoms with Gasteiger partial charge in [-0.25, -0.2) is 5.10 Å². The minimum Gasteiger partial charge on any atom is -0.496 e. The second kappa shape index (κ2) is 7.92. The van der Waals surface area contributed by atoms with Crippen LogP contribution in [0.4, 0.5) is 0 Å². The summed E-state index contributed by atoms with van der Waals surface area (Å²) in [7, 11) is 3.45. The Balaban J connectivity index is 1.87. The Labute approximate surface area is 179 Å². The highest BCUT2D eigenvalue weighted by Crippen LogP contribution is 2.30. The van der Waals surface area contributed by atoms with Gasteiger partial charge >= 0.3 is 0 Å². The van der Waals surface area contributed by atoms with Crippen molar-refractivity contribution in [3.8, 4) is 22.9 Å². The molecule has 0 atom stereocenters. The maximum atomic E-state index is 12.1. The number of H-pyrrole nitrogens is 1. The number of hydrogen-bond donors (Lipinski definition) is 1. The van der Waals surface area contributed by atoms with E-state index in [0.29, 0.717) is 11.0 Å². The van der Waals surface area contributed by atoms with Crippen molar-refractivity contribution in [1.82, 2.24) is 20.0 Å². The first-order valence-corrected chi connectivity index (χ1v) is 9.71. The van der Waals surface area contributed by atoms with Gasteiger partial charge in [-0.15, -0.1) is 0 Å². The molecule has 0 saturated heterocycles. The average molecular weight is 411 g/mol. The predicted octanol–water partition coefficient (Wildman–Crippen LogP) is 4.01. The number of benzene rings is 2. The lowest BCUT2D eigenvalue weighted by molar-refractivity contribution is 0.411. The molecule has 2 aromatic heterocycles. The minimum absolute atomic E-state index is 0.224. The van der Waals surface area contributed by atoms with Crippen LogP contribution < -0.4 is 10.3 Å². The first kappa shape index (κ1) is 20.1. The topological polar surface area (TPSA) is 96.6 Å². The fourth-order valence-electron chi connectivity index (χ4n) is 3.61. The number of fused-ring (bicyclic) bond motifs is 1. The summed E-state index contributed by atoms with van der Waals surface area (Å²) in [5, 5.41) is 22.2. The number of methoxy groups -OCH3 is 1. The first-order valence-electron chi connectivity index (χ1n) is 9.71. The Hall–Kier alpha value is -4.18. The number of ether oxygens (including phenoxy) is 1. The van der Waals surface area contributed by atoms with Crippen molar-refractivity contribution in [3.63, 3.8) is 0 Å². The maximum absolute atomic E-state index is 12.1. The Morgan fingerprint density at radius 1 is 1.19 bits per heavy atom. The van der Waals surface area contributed by atoms with Crippen LogP contribution in [0.25, 0.3) is 33.5 Å². The average Bonchev–Trinajstić information content (AvgIpc) is 3.15. The number of nitrogens with zero attached hydrogens (tertiary/aromatic N) is 4. The van der Waals surface area contributed by atoms with Crippen LogP contribution in [-0.4, -0.2) is 27.1 Å². The molecule has 154 valence electrons. The summed E-state index contributed by atoms with van der Waals surface area (Å²) in [4.78, 5) is 12.1. The normalized spacial score (nSPS) is 11.5. The lowest BCUT2D eigenvalue weighted by atomic mass is 9.99. The molecule has 0 aliphatic carbocycles. The molecule has 2 aromatic carbocycles. The standard InChI is InChI=1S/C24H21N5O2/c1-14-5-6-16(11-23(14)31-4)18(12-25)10-22-21(13-26-29(22)3)17-7-8-19-20(9-17)15(2)27-28-24(19)30/h5-11,13H,1-4H3,(H,28,30). The summed E-state index contributed by atoms with van der Waals surface area (Å²) in [6.45, 7) is 3.81. The van der Waals surface area contributed by atoms with Crippen molar-refractivity contribution < 1.29 is 4.74 Å². The molecular weight excluding hydrogens is 390 g/mol. The number of rotatable bonds is 4. The number of nitrogens with one attached hydrogen (secondary N) is 1. The van der Waals surface area contributed by atoms with Gasteiger partial charge in [-0.3, -0.25) is 9.48 Å². The molecule has 4 aromatic rings. The highest BCUT2D eigenvalue weighted by Gasteiger charge is 2.14. The fourth-order valence-corrected chi connectivity index (χ4v) is 3.61. The van der Waals surface area contributed by atoms with E-state index in [9.17, 15) is 10.1 Å². The van der Waals surface area contributed by atoms with Gasteiger partial charge in [-0.2, -0.15) is 15.5 Å². The van der Waals surface area contributed by atoms with Crippen LogP contribution in [-0.2, 0) is 7.05 Å². The van der Waals surface area contributed by atoms with Crippen LogP contribution in [0.2, 0.25) is 0 Å². The number of aromatic nitrogens is 4. The number of aryl methyl sites for hydroxylation is 3. The smallest absolute Gasteiger partial charge is 0.272 e. The first-order chi connectivity index (χ1) is 14.9. The molecule has 7 nitrogen and oxygen atoms in total. The van der Waals surface area contributed by atoms with Crippen LogP contribution in [0, 0.1) is 25.2 Å². The van der Waals surface area contributed by atoms with E-state index in [-0.39, 0.29) is 5.56 Å². The number of hydrogen-bond acceptors (Lipinski definition) is 5. The van der Waals surface area contributed by atoms with E-state index in [4.69, 9.17) is 4.74 Å². The Morgan fingerprint density at radius 2 is 2.00 bits per heavy atom. The molecule has 0 spiro atoms. The molecule has 0 radical (unpaired) electrons. The molecule has 0 amide bonds. The molecule has 4 rings (SSSR count). The van der Waals surface area contributed by atoms with E-state index < -0.39 is 0 Å². The van der Waals surface area contributed by atoms with E-state index in [1.165, 1.54) is 0 Å². The minimum atomic E-state index is -0.224. The maximum Gasteiger partial charge on any atom is 0.272 e. The van der Waals surface area contributed by atoms with E-state index >= 15 is 0 Å². The summed E-state index contributed by atoms with van der Waals surface area (Å²) >= 11 is 0. The van der Waals surface area contributed by atoms with Crippen molar-refractivity contribution in [2.45, 2.75) is 13.8 Å². The number of aromatic amines is 1. The van der Waals surface area contributed by atoms with Crippen molar-refractivity contribution in [1.29, 1.82) is 5.26 Å². The second-order valence-electron chi connectivity index (χ2n) is 7.32. The highest BCUT2D eigenvalue weighted by atomic mass is 16.5. The largest absolute Gasteiger partial charge is 0.496 e. The van der Waals surface area contributed by atoms with Gasteiger partial charge in [0.05, 0.1) is 41.7 Å². The van der Waals surface area contributed by atoms with Crippen LogP contribution in [0.3, 0.4) is 0 Å². The van der Waals surface area contributed by atoms with Crippen molar-refractivity contribution in [2.75, 3.05) is 7.11 Å². The summed E-state index contributed by atoms with van der Waals surface area (Å²) < 4.78 is 7.13.